The normalized spacial score (nSPS) is 13.3. The Morgan fingerprint density at radius 1 is 1.17 bits per heavy atom. The molecule has 0 bridgehead atoms. The van der Waals surface area contributed by atoms with Gasteiger partial charge < -0.3 is 9.47 Å². The van der Waals surface area contributed by atoms with Gasteiger partial charge in [-0.25, -0.2) is 4.39 Å². The molecule has 0 amide bonds. The molecule has 3 rings (SSSR count). The Hall–Kier alpha value is -2.80. The maximum atomic E-state index is 13.3. The van der Waals surface area contributed by atoms with Gasteiger partial charge in [-0.3, -0.25) is 0 Å². The molecule has 3 nitrogen and oxygen atoms in total. The third kappa shape index (κ3) is 2.98. The fourth-order valence-corrected chi connectivity index (χ4v) is 2.90. The molecule has 0 saturated carbocycles. The van der Waals surface area contributed by atoms with Crippen LogP contribution in [0.5, 0.6) is 11.5 Å². The molecular weight excluding hydrogens is 305 g/mol. The Labute approximate surface area is 140 Å². The maximum absolute atomic E-state index is 13.3. The summed E-state index contributed by atoms with van der Waals surface area (Å²) >= 11 is 0. The van der Waals surface area contributed by atoms with Gasteiger partial charge in [0.05, 0.1) is 6.07 Å². The number of nitrogens with zero attached hydrogens (tertiary/aromatic N) is 1. The van der Waals surface area contributed by atoms with Crippen molar-refractivity contribution in [3.05, 3.63) is 53.4 Å². The van der Waals surface area contributed by atoms with Crippen LogP contribution < -0.4 is 9.47 Å². The molecule has 24 heavy (non-hydrogen) atoms. The molecule has 0 aliphatic carbocycles. The van der Waals surface area contributed by atoms with Crippen molar-refractivity contribution in [1.29, 1.82) is 5.26 Å². The van der Waals surface area contributed by atoms with Crippen LogP contribution in [0.25, 0.3) is 17.2 Å². The average Bonchev–Trinajstić information content (AvgIpc) is 2.59. The number of halogens is 1. The molecule has 2 aromatic carbocycles. The third-order valence-electron chi connectivity index (χ3n) is 3.98. The molecule has 0 radical (unpaired) electrons. The number of rotatable bonds is 3. The molecule has 4 heteroatoms. The minimum absolute atomic E-state index is 0.235. The second-order valence-electron chi connectivity index (χ2n) is 5.90. The average molecular weight is 323 g/mol. The number of hydrogen-bond donors (Lipinski definition) is 0. The highest BCUT2D eigenvalue weighted by Gasteiger charge is 2.24. The van der Waals surface area contributed by atoms with Crippen LogP contribution in [0.2, 0.25) is 0 Å². The zero-order chi connectivity index (χ0) is 17.1. The van der Waals surface area contributed by atoms with E-state index in [0.717, 1.165) is 22.3 Å². The van der Waals surface area contributed by atoms with Gasteiger partial charge in [0.1, 0.15) is 19.0 Å². The smallest absolute Gasteiger partial charge is 0.169 e. The summed E-state index contributed by atoms with van der Waals surface area (Å²) in [6.07, 6.45) is 3.23. The first-order valence-corrected chi connectivity index (χ1v) is 7.90. The Morgan fingerprint density at radius 3 is 2.54 bits per heavy atom. The Bertz CT molecular complexity index is 817. The molecule has 0 atom stereocenters. The van der Waals surface area contributed by atoms with E-state index in [-0.39, 0.29) is 11.7 Å². The quantitative estimate of drug-likeness (QED) is 0.753. The van der Waals surface area contributed by atoms with Crippen molar-refractivity contribution < 1.29 is 13.9 Å². The zero-order valence-electron chi connectivity index (χ0n) is 13.7. The van der Waals surface area contributed by atoms with Crippen LogP contribution in [0.3, 0.4) is 0 Å². The minimum Gasteiger partial charge on any atom is -0.486 e. The lowest BCUT2D eigenvalue weighted by atomic mass is 9.88. The summed E-state index contributed by atoms with van der Waals surface area (Å²) in [7, 11) is 0. The third-order valence-corrected chi connectivity index (χ3v) is 3.98. The van der Waals surface area contributed by atoms with E-state index in [2.05, 4.69) is 13.8 Å². The summed E-state index contributed by atoms with van der Waals surface area (Å²) in [6.45, 7) is 5.14. The van der Waals surface area contributed by atoms with Gasteiger partial charge in [-0.05, 0) is 46.9 Å². The van der Waals surface area contributed by atoms with Crippen molar-refractivity contribution in [3.8, 4) is 28.7 Å². The predicted molar refractivity (Wildman–Crippen MR) is 91.6 cm³/mol. The molecule has 0 fully saturated rings. The highest BCUT2D eigenvalue weighted by atomic mass is 19.1. The highest BCUT2D eigenvalue weighted by Crippen LogP contribution is 2.46. The summed E-state index contributed by atoms with van der Waals surface area (Å²) in [4.78, 5) is 0. The first-order valence-electron chi connectivity index (χ1n) is 7.90. The van der Waals surface area contributed by atoms with Crippen molar-refractivity contribution in [3.63, 3.8) is 0 Å². The molecule has 0 spiro atoms. The second kappa shape index (κ2) is 6.76. The van der Waals surface area contributed by atoms with E-state index in [4.69, 9.17) is 14.7 Å². The number of allylic oxidation sites excluding steroid dienone is 1. The maximum Gasteiger partial charge on any atom is 0.169 e. The number of hydrogen-bond acceptors (Lipinski definition) is 3. The molecule has 2 aromatic rings. The minimum atomic E-state index is -0.293. The summed E-state index contributed by atoms with van der Waals surface area (Å²) in [5.41, 5.74) is 3.63. The molecule has 0 unspecified atom stereocenters. The van der Waals surface area contributed by atoms with E-state index < -0.39 is 0 Å². The molecule has 1 heterocycles. The van der Waals surface area contributed by atoms with Crippen molar-refractivity contribution >= 4 is 6.08 Å². The lowest BCUT2D eigenvalue weighted by Gasteiger charge is -2.26. The number of ether oxygens (including phenoxy) is 2. The van der Waals surface area contributed by atoms with Crippen LogP contribution in [0.15, 0.2) is 36.4 Å². The molecule has 1 aliphatic rings. The van der Waals surface area contributed by atoms with E-state index in [0.29, 0.717) is 24.7 Å². The van der Waals surface area contributed by atoms with Gasteiger partial charge in [0, 0.05) is 11.6 Å². The lowest BCUT2D eigenvalue weighted by Crippen LogP contribution is -2.17. The van der Waals surface area contributed by atoms with Crippen molar-refractivity contribution in [2.24, 2.45) is 0 Å². The summed E-state index contributed by atoms with van der Waals surface area (Å²) in [5, 5.41) is 8.95. The Balaban J connectivity index is 2.33. The monoisotopic (exact) mass is 323 g/mol. The van der Waals surface area contributed by atoms with Gasteiger partial charge in [-0.1, -0.05) is 26.0 Å². The number of benzene rings is 2. The first-order chi connectivity index (χ1) is 11.6. The Kier molecular flexibility index (Phi) is 4.52. The summed E-state index contributed by atoms with van der Waals surface area (Å²) < 4.78 is 25.0. The van der Waals surface area contributed by atoms with Crippen molar-refractivity contribution in [2.45, 2.75) is 19.8 Å². The van der Waals surface area contributed by atoms with Gasteiger partial charge >= 0.3 is 0 Å². The van der Waals surface area contributed by atoms with E-state index in [9.17, 15) is 4.39 Å². The molecule has 0 aromatic heterocycles. The van der Waals surface area contributed by atoms with Gasteiger partial charge in [0.25, 0.3) is 0 Å². The van der Waals surface area contributed by atoms with Crippen LogP contribution >= 0.6 is 0 Å². The zero-order valence-corrected chi connectivity index (χ0v) is 13.7. The molecule has 1 aliphatic heterocycles. The molecule has 0 saturated heterocycles. The molecule has 0 N–H and O–H groups in total. The van der Waals surface area contributed by atoms with Crippen LogP contribution in [0.1, 0.15) is 30.9 Å². The highest BCUT2D eigenvalue weighted by molar-refractivity contribution is 5.85. The number of fused-ring (bicyclic) bond motifs is 1. The SMILES string of the molecule is CC(C)c1cc2c(c(-c3ccc(F)cc3)c1C=CC#N)OCCO2. The Morgan fingerprint density at radius 2 is 1.88 bits per heavy atom. The molecular formula is C20H18FNO2. The largest absolute Gasteiger partial charge is 0.486 e. The van der Waals surface area contributed by atoms with E-state index in [1.165, 1.54) is 18.2 Å². The van der Waals surface area contributed by atoms with E-state index in [1.54, 1.807) is 18.2 Å². The van der Waals surface area contributed by atoms with Gasteiger partial charge in [0.15, 0.2) is 11.5 Å². The van der Waals surface area contributed by atoms with Crippen molar-refractivity contribution in [1.82, 2.24) is 0 Å². The van der Waals surface area contributed by atoms with Crippen LogP contribution in [0.4, 0.5) is 4.39 Å². The summed E-state index contributed by atoms with van der Waals surface area (Å²) in [5.74, 6) is 1.28. The molecule has 122 valence electrons. The van der Waals surface area contributed by atoms with E-state index >= 15 is 0 Å². The first kappa shape index (κ1) is 16.1. The van der Waals surface area contributed by atoms with Crippen LogP contribution in [-0.4, -0.2) is 13.2 Å². The topological polar surface area (TPSA) is 42.2 Å². The lowest BCUT2D eigenvalue weighted by molar-refractivity contribution is 0.172. The fourth-order valence-electron chi connectivity index (χ4n) is 2.90. The van der Waals surface area contributed by atoms with Gasteiger partial charge in [-0.2, -0.15) is 5.26 Å². The van der Waals surface area contributed by atoms with Crippen LogP contribution in [-0.2, 0) is 0 Å². The van der Waals surface area contributed by atoms with Gasteiger partial charge in [0.2, 0.25) is 0 Å². The predicted octanol–water partition coefficient (Wildman–Crippen LogP) is 4.92. The van der Waals surface area contributed by atoms with Crippen molar-refractivity contribution in [2.75, 3.05) is 13.2 Å². The van der Waals surface area contributed by atoms with Crippen LogP contribution in [0, 0.1) is 17.1 Å². The number of nitriles is 1. The van der Waals surface area contributed by atoms with E-state index in [1.807, 2.05) is 12.1 Å². The standard InChI is InChI=1S/C20H18FNO2/c1-13(2)17-12-18-20(24-11-10-23-18)19(16(17)4-3-9-22)14-5-7-15(21)8-6-14/h3-8,12-13H,10-11H2,1-2H3. The van der Waals surface area contributed by atoms with Gasteiger partial charge in [-0.15, -0.1) is 0 Å². The summed E-state index contributed by atoms with van der Waals surface area (Å²) in [6, 6.07) is 10.3. The second-order valence-corrected chi connectivity index (χ2v) is 5.90. The fraction of sp³-hybridized carbons (Fsp3) is 0.250.